The third kappa shape index (κ3) is 3.34. The highest BCUT2D eigenvalue weighted by atomic mass is 19.3. The summed E-state index contributed by atoms with van der Waals surface area (Å²) in [5, 5.41) is 14.5. The summed E-state index contributed by atoms with van der Waals surface area (Å²) in [7, 11) is 0. The lowest BCUT2D eigenvalue weighted by Gasteiger charge is -2.41. The number of halogens is 2. The van der Waals surface area contributed by atoms with Crippen molar-refractivity contribution in [1.82, 2.24) is 5.32 Å². The summed E-state index contributed by atoms with van der Waals surface area (Å²) in [5.41, 5.74) is -2.23. The van der Waals surface area contributed by atoms with Crippen LogP contribution in [0, 0.1) is 0 Å². The zero-order valence-corrected chi connectivity index (χ0v) is 13.0. The maximum absolute atomic E-state index is 14.1. The summed E-state index contributed by atoms with van der Waals surface area (Å²) in [6.07, 6.45) is 0.207. The van der Waals surface area contributed by atoms with E-state index in [2.05, 4.69) is 10.6 Å². The fourth-order valence-electron chi connectivity index (χ4n) is 2.37. The van der Waals surface area contributed by atoms with Gasteiger partial charge in [0.1, 0.15) is 5.60 Å². The molecule has 0 saturated heterocycles. The van der Waals surface area contributed by atoms with Crippen molar-refractivity contribution in [3.63, 3.8) is 0 Å². The zero-order chi connectivity index (χ0) is 17.3. The highest BCUT2D eigenvalue weighted by Crippen LogP contribution is 2.44. The molecule has 1 fully saturated rings. The first-order valence-corrected chi connectivity index (χ1v) is 7.49. The Hall–Kier alpha value is -2.02. The van der Waals surface area contributed by atoms with Gasteiger partial charge in [0.2, 0.25) is 0 Å². The largest absolute Gasteiger partial charge is 0.383 e. The van der Waals surface area contributed by atoms with Crippen molar-refractivity contribution in [1.29, 1.82) is 0 Å². The molecular formula is C16H20F2N2O3. The second-order valence-corrected chi connectivity index (χ2v) is 6.09. The number of para-hydroxylation sites is 1. The molecule has 126 valence electrons. The van der Waals surface area contributed by atoms with E-state index in [1.807, 2.05) is 0 Å². The van der Waals surface area contributed by atoms with E-state index in [0.717, 1.165) is 0 Å². The molecule has 1 saturated carbocycles. The number of rotatable bonds is 5. The number of hydrogen-bond acceptors (Lipinski definition) is 3. The Kier molecular flexibility index (Phi) is 4.70. The van der Waals surface area contributed by atoms with Crippen LogP contribution in [0.5, 0.6) is 0 Å². The number of amides is 2. The van der Waals surface area contributed by atoms with Gasteiger partial charge in [0.05, 0.1) is 11.3 Å². The summed E-state index contributed by atoms with van der Waals surface area (Å²) in [5.74, 6) is -5.99. The molecule has 0 aromatic heterocycles. The first kappa shape index (κ1) is 17.3. The fraction of sp³-hybridized carbons (Fsp3) is 0.500. The first-order valence-electron chi connectivity index (χ1n) is 7.49. The van der Waals surface area contributed by atoms with E-state index in [-0.39, 0.29) is 30.1 Å². The standard InChI is InChI=1S/C16H20F2N2O3/c1-10(2)19-13(21)11-6-3-4-7-12(11)20-14(22)16(17,18)15(23)8-5-9-15/h3-4,6-7,10,23H,5,8-9H2,1-2H3,(H,19,21)(H,20,22). The average Bonchev–Trinajstić information content (AvgIpc) is 2.44. The highest BCUT2D eigenvalue weighted by molar-refractivity contribution is 6.05. The van der Waals surface area contributed by atoms with Gasteiger partial charge in [0, 0.05) is 6.04 Å². The van der Waals surface area contributed by atoms with Crippen LogP contribution in [0.1, 0.15) is 43.5 Å². The van der Waals surface area contributed by atoms with E-state index >= 15 is 0 Å². The Morgan fingerprint density at radius 3 is 2.39 bits per heavy atom. The molecule has 0 aliphatic heterocycles. The van der Waals surface area contributed by atoms with Crippen molar-refractivity contribution in [3.05, 3.63) is 29.8 Å². The molecule has 0 radical (unpaired) electrons. The van der Waals surface area contributed by atoms with Crippen LogP contribution in [0.3, 0.4) is 0 Å². The number of alkyl halides is 2. The Morgan fingerprint density at radius 1 is 1.26 bits per heavy atom. The smallest absolute Gasteiger partial charge is 0.352 e. The van der Waals surface area contributed by atoms with E-state index in [0.29, 0.717) is 6.42 Å². The zero-order valence-electron chi connectivity index (χ0n) is 13.0. The van der Waals surface area contributed by atoms with Gasteiger partial charge < -0.3 is 15.7 Å². The van der Waals surface area contributed by atoms with Crippen molar-refractivity contribution in [3.8, 4) is 0 Å². The monoisotopic (exact) mass is 326 g/mol. The van der Waals surface area contributed by atoms with Crippen LogP contribution in [-0.2, 0) is 4.79 Å². The quantitative estimate of drug-likeness (QED) is 0.777. The van der Waals surface area contributed by atoms with Crippen molar-refractivity contribution in [2.24, 2.45) is 0 Å². The fourth-order valence-corrected chi connectivity index (χ4v) is 2.37. The molecule has 7 heteroatoms. The van der Waals surface area contributed by atoms with E-state index < -0.39 is 23.3 Å². The molecule has 0 unspecified atom stereocenters. The molecule has 1 aromatic carbocycles. The van der Waals surface area contributed by atoms with Crippen LogP contribution in [0.25, 0.3) is 0 Å². The molecule has 1 aromatic rings. The second kappa shape index (κ2) is 6.23. The normalized spacial score (nSPS) is 16.6. The van der Waals surface area contributed by atoms with Crippen LogP contribution in [0.2, 0.25) is 0 Å². The second-order valence-electron chi connectivity index (χ2n) is 6.09. The molecule has 5 nitrogen and oxygen atoms in total. The predicted octanol–water partition coefficient (Wildman–Crippen LogP) is 2.31. The third-order valence-corrected chi connectivity index (χ3v) is 3.89. The van der Waals surface area contributed by atoms with Crippen molar-refractivity contribution in [2.75, 3.05) is 5.32 Å². The minimum atomic E-state index is -3.91. The minimum absolute atomic E-state index is 0.0155. The Balaban J connectivity index is 2.20. The summed E-state index contributed by atoms with van der Waals surface area (Å²) < 4.78 is 28.2. The van der Waals surface area contributed by atoms with Crippen molar-refractivity contribution in [2.45, 2.75) is 50.7 Å². The van der Waals surface area contributed by atoms with Crippen LogP contribution >= 0.6 is 0 Å². The molecule has 1 aliphatic carbocycles. The number of carbonyl (C=O) groups is 2. The lowest BCUT2D eigenvalue weighted by atomic mass is 9.75. The van der Waals surface area contributed by atoms with Crippen molar-refractivity contribution >= 4 is 17.5 Å². The molecule has 0 bridgehead atoms. The molecule has 3 N–H and O–H groups in total. The summed E-state index contributed by atoms with van der Waals surface area (Å²) >= 11 is 0. The lowest BCUT2D eigenvalue weighted by molar-refractivity contribution is -0.212. The lowest BCUT2D eigenvalue weighted by Crippen LogP contribution is -2.59. The molecule has 2 rings (SSSR count). The molecule has 0 heterocycles. The topological polar surface area (TPSA) is 78.4 Å². The number of nitrogens with one attached hydrogen (secondary N) is 2. The molecule has 2 amide bonds. The predicted molar refractivity (Wildman–Crippen MR) is 81.4 cm³/mol. The maximum Gasteiger partial charge on any atom is 0.352 e. The van der Waals surface area contributed by atoms with Gasteiger partial charge in [0.15, 0.2) is 0 Å². The van der Waals surface area contributed by atoms with E-state index in [1.54, 1.807) is 19.9 Å². The van der Waals surface area contributed by atoms with Crippen LogP contribution in [-0.4, -0.2) is 34.5 Å². The van der Waals surface area contributed by atoms with Crippen LogP contribution in [0.4, 0.5) is 14.5 Å². The van der Waals surface area contributed by atoms with Gasteiger partial charge in [-0.15, -0.1) is 0 Å². The van der Waals surface area contributed by atoms with Gasteiger partial charge in [0.25, 0.3) is 11.8 Å². The van der Waals surface area contributed by atoms with E-state index in [4.69, 9.17) is 0 Å². The average molecular weight is 326 g/mol. The van der Waals surface area contributed by atoms with Crippen LogP contribution < -0.4 is 10.6 Å². The molecule has 0 atom stereocenters. The van der Waals surface area contributed by atoms with E-state index in [9.17, 15) is 23.5 Å². The van der Waals surface area contributed by atoms with Gasteiger partial charge in [-0.1, -0.05) is 12.1 Å². The number of aliphatic hydroxyl groups is 1. The molecule has 0 spiro atoms. The molecule has 1 aliphatic rings. The molecule has 23 heavy (non-hydrogen) atoms. The van der Waals surface area contributed by atoms with Gasteiger partial charge in [-0.2, -0.15) is 8.78 Å². The van der Waals surface area contributed by atoms with Gasteiger partial charge in [-0.25, -0.2) is 0 Å². The number of anilines is 1. The summed E-state index contributed by atoms with van der Waals surface area (Å²) in [4.78, 5) is 24.0. The van der Waals surface area contributed by atoms with E-state index in [1.165, 1.54) is 18.2 Å². The highest BCUT2D eigenvalue weighted by Gasteiger charge is 2.61. The minimum Gasteiger partial charge on any atom is -0.383 e. The Morgan fingerprint density at radius 2 is 1.87 bits per heavy atom. The number of benzene rings is 1. The molecular weight excluding hydrogens is 306 g/mol. The number of hydrogen-bond donors (Lipinski definition) is 3. The summed E-state index contributed by atoms with van der Waals surface area (Å²) in [6, 6.07) is 5.77. The Labute approximate surface area is 133 Å². The van der Waals surface area contributed by atoms with Crippen molar-refractivity contribution < 1.29 is 23.5 Å². The number of carbonyl (C=O) groups excluding carboxylic acids is 2. The SMILES string of the molecule is CC(C)NC(=O)c1ccccc1NC(=O)C(F)(F)C1(O)CCC1. The third-order valence-electron chi connectivity index (χ3n) is 3.89. The van der Waals surface area contributed by atoms with Gasteiger partial charge >= 0.3 is 5.92 Å². The van der Waals surface area contributed by atoms with Gasteiger partial charge in [-0.3, -0.25) is 9.59 Å². The Bertz CT molecular complexity index is 613. The first-order chi connectivity index (χ1) is 10.7. The maximum atomic E-state index is 14.1. The van der Waals surface area contributed by atoms with Crippen LogP contribution in [0.15, 0.2) is 24.3 Å². The van der Waals surface area contributed by atoms with Gasteiger partial charge in [-0.05, 0) is 45.2 Å². The summed E-state index contributed by atoms with van der Waals surface area (Å²) in [6.45, 7) is 3.53.